The van der Waals surface area contributed by atoms with Crippen molar-refractivity contribution in [2.24, 2.45) is 5.92 Å². The van der Waals surface area contributed by atoms with Crippen LogP contribution in [0.1, 0.15) is 27.2 Å². The molecule has 92 valence electrons. The van der Waals surface area contributed by atoms with Gasteiger partial charge in [-0.3, -0.25) is 9.63 Å². The Kier molecular flexibility index (Phi) is 3.74. The third-order valence-corrected chi connectivity index (χ3v) is 2.05. The fourth-order valence-electron chi connectivity index (χ4n) is 1.29. The molecule has 1 heterocycles. The number of rotatable bonds is 1. The van der Waals surface area contributed by atoms with Crippen molar-refractivity contribution in [1.82, 2.24) is 5.06 Å². The molecule has 0 aliphatic carbocycles. The van der Waals surface area contributed by atoms with Gasteiger partial charge in [0, 0.05) is 0 Å². The molecule has 1 unspecified atom stereocenters. The van der Waals surface area contributed by atoms with Crippen LogP contribution in [0.3, 0.4) is 0 Å². The van der Waals surface area contributed by atoms with Gasteiger partial charge in [0.1, 0.15) is 5.60 Å². The second-order valence-electron chi connectivity index (χ2n) is 4.70. The Morgan fingerprint density at radius 3 is 2.56 bits per heavy atom. The summed E-state index contributed by atoms with van der Waals surface area (Å²) in [6, 6.07) is 0. The van der Waals surface area contributed by atoms with Crippen LogP contribution < -0.4 is 0 Å². The van der Waals surface area contributed by atoms with Gasteiger partial charge in [0.05, 0.1) is 19.1 Å². The summed E-state index contributed by atoms with van der Waals surface area (Å²) >= 11 is 0. The molecule has 1 fully saturated rings. The van der Waals surface area contributed by atoms with Crippen LogP contribution in [-0.2, 0) is 14.4 Å². The van der Waals surface area contributed by atoms with E-state index in [1.54, 1.807) is 20.8 Å². The molecule has 0 aromatic rings. The van der Waals surface area contributed by atoms with Crippen LogP contribution >= 0.6 is 0 Å². The Balaban J connectivity index is 2.54. The summed E-state index contributed by atoms with van der Waals surface area (Å²) < 4.78 is 5.07. The maximum atomic E-state index is 11.6. The molecule has 0 spiro atoms. The van der Waals surface area contributed by atoms with Gasteiger partial charge in [0.15, 0.2) is 0 Å². The average molecular weight is 231 g/mol. The molecular formula is C10H17NO5. The van der Waals surface area contributed by atoms with Crippen molar-refractivity contribution in [2.75, 3.05) is 13.2 Å². The van der Waals surface area contributed by atoms with Crippen LogP contribution in [0.5, 0.6) is 0 Å². The number of aliphatic carboxylic acids is 1. The second-order valence-corrected chi connectivity index (χ2v) is 4.70. The topological polar surface area (TPSA) is 76.1 Å². The summed E-state index contributed by atoms with van der Waals surface area (Å²) in [4.78, 5) is 27.4. The first-order chi connectivity index (χ1) is 7.29. The second kappa shape index (κ2) is 4.69. The number of amides is 1. The third-order valence-electron chi connectivity index (χ3n) is 2.05. The van der Waals surface area contributed by atoms with E-state index in [9.17, 15) is 9.59 Å². The number of carboxylic acid groups (broad SMARTS) is 1. The molecule has 1 saturated heterocycles. The number of ether oxygens (including phenoxy) is 1. The minimum Gasteiger partial charge on any atom is -0.481 e. The molecule has 1 amide bonds. The lowest BCUT2D eigenvalue weighted by Gasteiger charge is -2.31. The highest BCUT2D eigenvalue weighted by molar-refractivity contribution is 5.72. The van der Waals surface area contributed by atoms with Crippen LogP contribution in [0.2, 0.25) is 0 Å². The van der Waals surface area contributed by atoms with E-state index < -0.39 is 23.6 Å². The number of hydrogen-bond donors (Lipinski definition) is 1. The van der Waals surface area contributed by atoms with Crippen LogP contribution in [0.25, 0.3) is 0 Å². The smallest absolute Gasteiger partial charge is 0.434 e. The lowest BCUT2D eigenvalue weighted by Crippen LogP contribution is -2.44. The fourth-order valence-corrected chi connectivity index (χ4v) is 1.29. The van der Waals surface area contributed by atoms with Crippen molar-refractivity contribution in [3.05, 3.63) is 0 Å². The summed E-state index contributed by atoms with van der Waals surface area (Å²) in [7, 11) is 0. The highest BCUT2D eigenvalue weighted by atomic mass is 16.7. The highest BCUT2D eigenvalue weighted by Gasteiger charge is 2.31. The number of nitrogens with zero attached hydrogens (tertiary/aromatic N) is 1. The van der Waals surface area contributed by atoms with Crippen molar-refractivity contribution in [3.8, 4) is 0 Å². The predicted octanol–water partition coefficient (Wildman–Crippen LogP) is 1.26. The largest absolute Gasteiger partial charge is 0.481 e. The van der Waals surface area contributed by atoms with E-state index in [1.165, 1.54) is 0 Å². The molecule has 1 rings (SSSR count). The first-order valence-electron chi connectivity index (χ1n) is 5.16. The summed E-state index contributed by atoms with van der Waals surface area (Å²) in [6.07, 6.45) is -0.229. The molecule has 16 heavy (non-hydrogen) atoms. The molecule has 0 aromatic heterocycles. The van der Waals surface area contributed by atoms with Gasteiger partial charge in [-0.05, 0) is 27.2 Å². The SMILES string of the molecule is CC(C)(C)OC(=O)N1CC(C(=O)O)CCO1. The average Bonchev–Trinajstić information content (AvgIpc) is 2.15. The van der Waals surface area contributed by atoms with E-state index in [1.807, 2.05) is 0 Å². The molecule has 1 aliphatic heterocycles. The summed E-state index contributed by atoms with van der Waals surface area (Å²) in [5.41, 5.74) is -0.614. The van der Waals surface area contributed by atoms with Crippen molar-refractivity contribution in [3.63, 3.8) is 0 Å². The van der Waals surface area contributed by atoms with E-state index in [0.717, 1.165) is 5.06 Å². The number of hydrogen-bond acceptors (Lipinski definition) is 4. The standard InChI is InChI=1S/C10H17NO5/c1-10(2,3)16-9(14)11-6-7(8(12)13)4-5-15-11/h7H,4-6H2,1-3H3,(H,12,13). The molecule has 1 N–H and O–H groups in total. The zero-order valence-corrected chi connectivity index (χ0v) is 9.73. The summed E-state index contributed by atoms with van der Waals surface area (Å²) in [6.45, 7) is 5.47. The van der Waals surface area contributed by atoms with Crippen LogP contribution in [-0.4, -0.2) is 41.0 Å². The molecule has 0 bridgehead atoms. The molecule has 0 radical (unpaired) electrons. The lowest BCUT2D eigenvalue weighted by molar-refractivity contribution is -0.187. The Bertz CT molecular complexity index is 283. The van der Waals surface area contributed by atoms with E-state index in [4.69, 9.17) is 14.7 Å². The number of carbonyl (C=O) groups is 2. The molecule has 6 heteroatoms. The minimum absolute atomic E-state index is 0.0320. The zero-order valence-electron chi connectivity index (χ0n) is 9.73. The van der Waals surface area contributed by atoms with E-state index >= 15 is 0 Å². The van der Waals surface area contributed by atoms with Gasteiger partial charge < -0.3 is 9.84 Å². The van der Waals surface area contributed by atoms with Gasteiger partial charge in [-0.2, -0.15) is 5.06 Å². The lowest BCUT2D eigenvalue weighted by atomic mass is 10.1. The van der Waals surface area contributed by atoms with Gasteiger partial charge in [0.25, 0.3) is 0 Å². The predicted molar refractivity (Wildman–Crippen MR) is 54.6 cm³/mol. The Labute approximate surface area is 94.1 Å². The first-order valence-corrected chi connectivity index (χ1v) is 5.16. The van der Waals surface area contributed by atoms with E-state index in [2.05, 4.69) is 0 Å². The third kappa shape index (κ3) is 3.69. The van der Waals surface area contributed by atoms with E-state index in [-0.39, 0.29) is 13.2 Å². The van der Waals surface area contributed by atoms with Crippen molar-refractivity contribution in [1.29, 1.82) is 0 Å². The van der Waals surface area contributed by atoms with Crippen molar-refractivity contribution >= 4 is 12.1 Å². The number of carbonyl (C=O) groups excluding carboxylic acids is 1. The van der Waals surface area contributed by atoms with Crippen LogP contribution in [0, 0.1) is 5.92 Å². The Hall–Kier alpha value is -1.30. The molecule has 0 aromatic carbocycles. The highest BCUT2D eigenvalue weighted by Crippen LogP contribution is 2.17. The summed E-state index contributed by atoms with van der Waals surface area (Å²) in [5, 5.41) is 9.82. The van der Waals surface area contributed by atoms with Gasteiger partial charge in [-0.25, -0.2) is 4.79 Å². The molecule has 6 nitrogen and oxygen atoms in total. The quantitative estimate of drug-likeness (QED) is 0.735. The Morgan fingerprint density at radius 2 is 2.06 bits per heavy atom. The normalized spacial score (nSPS) is 21.7. The van der Waals surface area contributed by atoms with E-state index in [0.29, 0.717) is 6.42 Å². The van der Waals surface area contributed by atoms with Gasteiger partial charge in [-0.1, -0.05) is 0 Å². The maximum Gasteiger partial charge on any atom is 0.434 e. The first kappa shape index (κ1) is 12.8. The molecule has 1 atom stereocenters. The maximum absolute atomic E-state index is 11.6. The monoisotopic (exact) mass is 231 g/mol. The molecular weight excluding hydrogens is 214 g/mol. The fraction of sp³-hybridized carbons (Fsp3) is 0.800. The van der Waals surface area contributed by atoms with Gasteiger partial charge >= 0.3 is 12.1 Å². The zero-order chi connectivity index (χ0) is 12.3. The summed E-state index contributed by atoms with van der Waals surface area (Å²) in [5.74, 6) is -1.50. The number of carboxylic acids is 1. The van der Waals surface area contributed by atoms with Crippen molar-refractivity contribution < 1.29 is 24.3 Å². The Morgan fingerprint density at radius 1 is 1.44 bits per heavy atom. The molecule has 1 aliphatic rings. The van der Waals surface area contributed by atoms with Crippen LogP contribution in [0.15, 0.2) is 0 Å². The van der Waals surface area contributed by atoms with Crippen LogP contribution in [0.4, 0.5) is 4.79 Å². The van der Waals surface area contributed by atoms with Gasteiger partial charge in [-0.15, -0.1) is 0 Å². The minimum atomic E-state index is -0.920. The van der Waals surface area contributed by atoms with Gasteiger partial charge in [0.2, 0.25) is 0 Å². The van der Waals surface area contributed by atoms with Crippen molar-refractivity contribution in [2.45, 2.75) is 32.8 Å². The number of hydroxylamine groups is 2. The molecule has 0 saturated carbocycles.